The van der Waals surface area contributed by atoms with Gasteiger partial charge < -0.3 is 10.1 Å². The fraction of sp³-hybridized carbons (Fsp3) is 0.364. The maximum absolute atomic E-state index is 12.3. The summed E-state index contributed by atoms with van der Waals surface area (Å²) in [5.41, 5.74) is 4.43. The number of amides is 1. The van der Waals surface area contributed by atoms with E-state index in [2.05, 4.69) is 11.4 Å². The molecule has 3 rings (SSSR count). The van der Waals surface area contributed by atoms with Gasteiger partial charge in [-0.05, 0) is 55.0 Å². The molecule has 0 spiro atoms. The molecule has 0 radical (unpaired) electrons. The Balaban J connectivity index is 1.37. The molecule has 0 saturated carbocycles. The number of hydrogen-bond donors (Lipinski definition) is 1. The number of ether oxygens (including phenoxy) is 1. The third-order valence-corrected chi connectivity index (χ3v) is 4.77. The van der Waals surface area contributed by atoms with E-state index in [1.807, 2.05) is 43.3 Å². The second kappa shape index (κ2) is 8.65. The van der Waals surface area contributed by atoms with Crippen LogP contribution in [0.25, 0.3) is 0 Å². The molecule has 1 N–H and O–H groups in total. The highest BCUT2D eigenvalue weighted by Crippen LogP contribution is 2.23. The highest BCUT2D eigenvalue weighted by molar-refractivity contribution is 5.98. The maximum atomic E-state index is 12.3. The number of carbonyl (C=O) groups is 2. The molecule has 0 atom stereocenters. The highest BCUT2D eigenvalue weighted by atomic mass is 16.5. The van der Waals surface area contributed by atoms with Crippen LogP contribution in [0.1, 0.15) is 46.3 Å². The first kappa shape index (κ1) is 18.2. The van der Waals surface area contributed by atoms with Crippen LogP contribution in [-0.2, 0) is 17.6 Å². The normalized spacial score (nSPS) is 12.5. The quantitative estimate of drug-likeness (QED) is 0.583. The zero-order chi connectivity index (χ0) is 18.4. The van der Waals surface area contributed by atoms with E-state index in [4.69, 9.17) is 4.74 Å². The Morgan fingerprint density at radius 2 is 1.85 bits per heavy atom. The molecule has 0 unspecified atom stereocenters. The van der Waals surface area contributed by atoms with Gasteiger partial charge in [0.25, 0.3) is 0 Å². The van der Waals surface area contributed by atoms with Crippen LogP contribution in [0.4, 0.5) is 0 Å². The Morgan fingerprint density at radius 1 is 1.04 bits per heavy atom. The smallest absolute Gasteiger partial charge is 0.220 e. The zero-order valence-corrected chi connectivity index (χ0v) is 15.2. The van der Waals surface area contributed by atoms with Crippen LogP contribution in [0.3, 0.4) is 0 Å². The summed E-state index contributed by atoms with van der Waals surface area (Å²) in [6.45, 7) is 2.83. The summed E-state index contributed by atoms with van der Waals surface area (Å²) in [7, 11) is 0. The molecule has 4 heteroatoms. The number of benzene rings is 2. The van der Waals surface area contributed by atoms with Crippen LogP contribution in [0.2, 0.25) is 0 Å². The topological polar surface area (TPSA) is 55.4 Å². The van der Waals surface area contributed by atoms with E-state index in [0.29, 0.717) is 13.2 Å². The SMILES string of the molecule is Cc1ccccc1OCCNC(=O)CCC(=O)c1ccc2c(c1)CCC2. The standard InChI is InChI=1S/C22H25NO3/c1-16-5-2-3-8-21(16)26-14-13-23-22(25)12-11-20(24)19-10-9-17-6-4-7-18(17)15-19/h2-3,5,8-10,15H,4,6-7,11-14H2,1H3,(H,23,25). The summed E-state index contributed by atoms with van der Waals surface area (Å²) >= 11 is 0. The predicted octanol–water partition coefficient (Wildman–Crippen LogP) is 3.64. The minimum Gasteiger partial charge on any atom is -0.491 e. The van der Waals surface area contributed by atoms with Crippen molar-refractivity contribution < 1.29 is 14.3 Å². The lowest BCUT2D eigenvalue weighted by molar-refractivity contribution is -0.121. The van der Waals surface area contributed by atoms with Crippen molar-refractivity contribution in [1.29, 1.82) is 0 Å². The van der Waals surface area contributed by atoms with Crippen LogP contribution < -0.4 is 10.1 Å². The number of Topliss-reactive ketones (excluding diaryl/α,β-unsaturated/α-hetero) is 1. The fourth-order valence-electron chi connectivity index (χ4n) is 3.27. The van der Waals surface area contributed by atoms with Crippen molar-refractivity contribution in [2.75, 3.05) is 13.2 Å². The van der Waals surface area contributed by atoms with Crippen molar-refractivity contribution in [1.82, 2.24) is 5.32 Å². The van der Waals surface area contributed by atoms with E-state index in [9.17, 15) is 9.59 Å². The lowest BCUT2D eigenvalue weighted by atomic mass is 10.0. The molecule has 0 fully saturated rings. The molecule has 26 heavy (non-hydrogen) atoms. The van der Waals surface area contributed by atoms with Gasteiger partial charge in [0.2, 0.25) is 5.91 Å². The summed E-state index contributed by atoms with van der Waals surface area (Å²) in [6, 6.07) is 13.7. The van der Waals surface area contributed by atoms with Gasteiger partial charge in [-0.2, -0.15) is 0 Å². The van der Waals surface area contributed by atoms with Gasteiger partial charge >= 0.3 is 0 Å². The summed E-state index contributed by atoms with van der Waals surface area (Å²) in [6.07, 6.45) is 3.78. The second-order valence-electron chi connectivity index (χ2n) is 6.72. The first-order chi connectivity index (χ1) is 12.6. The number of nitrogens with one attached hydrogen (secondary N) is 1. The minimum atomic E-state index is -0.118. The number of rotatable bonds is 8. The highest BCUT2D eigenvalue weighted by Gasteiger charge is 2.14. The number of fused-ring (bicyclic) bond motifs is 1. The molecule has 1 aliphatic rings. The van der Waals surface area contributed by atoms with Crippen molar-refractivity contribution in [3.8, 4) is 5.75 Å². The first-order valence-electron chi connectivity index (χ1n) is 9.23. The zero-order valence-electron chi connectivity index (χ0n) is 15.2. The van der Waals surface area contributed by atoms with Gasteiger partial charge in [0.1, 0.15) is 12.4 Å². The van der Waals surface area contributed by atoms with E-state index < -0.39 is 0 Å². The minimum absolute atomic E-state index is 0.0333. The van der Waals surface area contributed by atoms with Gasteiger partial charge in [-0.1, -0.05) is 30.3 Å². The molecule has 0 heterocycles. The number of carbonyl (C=O) groups excluding carboxylic acids is 2. The van der Waals surface area contributed by atoms with E-state index in [-0.39, 0.29) is 24.5 Å². The molecule has 1 aliphatic carbocycles. The van der Waals surface area contributed by atoms with E-state index >= 15 is 0 Å². The van der Waals surface area contributed by atoms with Gasteiger partial charge in [-0.3, -0.25) is 9.59 Å². The average Bonchev–Trinajstić information content (AvgIpc) is 3.12. The van der Waals surface area contributed by atoms with Gasteiger partial charge in [0.15, 0.2) is 5.78 Å². The van der Waals surface area contributed by atoms with Gasteiger partial charge in [-0.25, -0.2) is 0 Å². The summed E-state index contributed by atoms with van der Waals surface area (Å²) in [5, 5.41) is 2.80. The summed E-state index contributed by atoms with van der Waals surface area (Å²) in [4.78, 5) is 24.2. The Hall–Kier alpha value is -2.62. The van der Waals surface area contributed by atoms with E-state index in [1.54, 1.807) is 0 Å². The number of aryl methyl sites for hydroxylation is 3. The summed E-state index contributed by atoms with van der Waals surface area (Å²) < 4.78 is 5.64. The lowest BCUT2D eigenvalue weighted by Gasteiger charge is -2.09. The molecule has 2 aromatic rings. The molecule has 0 aromatic heterocycles. The lowest BCUT2D eigenvalue weighted by Crippen LogP contribution is -2.28. The molecule has 1 amide bonds. The third-order valence-electron chi connectivity index (χ3n) is 4.77. The van der Waals surface area contributed by atoms with Gasteiger partial charge in [-0.15, -0.1) is 0 Å². The Labute approximate surface area is 154 Å². The molecule has 0 bridgehead atoms. The van der Waals surface area contributed by atoms with Crippen LogP contribution >= 0.6 is 0 Å². The van der Waals surface area contributed by atoms with Crippen LogP contribution in [0, 0.1) is 6.92 Å². The van der Waals surface area contributed by atoms with E-state index in [1.165, 1.54) is 17.5 Å². The maximum Gasteiger partial charge on any atom is 0.220 e. The molecule has 2 aromatic carbocycles. The monoisotopic (exact) mass is 351 g/mol. The largest absolute Gasteiger partial charge is 0.491 e. The van der Waals surface area contributed by atoms with Crippen molar-refractivity contribution >= 4 is 11.7 Å². The van der Waals surface area contributed by atoms with Gasteiger partial charge in [0.05, 0.1) is 6.54 Å². The fourth-order valence-corrected chi connectivity index (χ4v) is 3.27. The predicted molar refractivity (Wildman–Crippen MR) is 102 cm³/mol. The van der Waals surface area contributed by atoms with Crippen LogP contribution in [0.15, 0.2) is 42.5 Å². The summed E-state index contributed by atoms with van der Waals surface area (Å²) in [5.74, 6) is 0.743. The van der Waals surface area contributed by atoms with Crippen molar-refractivity contribution in [2.24, 2.45) is 0 Å². The molecule has 136 valence electrons. The van der Waals surface area contributed by atoms with E-state index in [0.717, 1.165) is 29.7 Å². The Kier molecular flexibility index (Phi) is 6.05. The van der Waals surface area contributed by atoms with Gasteiger partial charge in [0, 0.05) is 18.4 Å². The number of para-hydroxylation sites is 1. The Bertz CT molecular complexity index is 798. The Morgan fingerprint density at radius 3 is 2.69 bits per heavy atom. The number of ketones is 1. The van der Waals surface area contributed by atoms with Crippen LogP contribution in [-0.4, -0.2) is 24.8 Å². The number of hydrogen-bond acceptors (Lipinski definition) is 3. The van der Waals surface area contributed by atoms with Crippen LogP contribution in [0.5, 0.6) is 5.75 Å². The molecule has 0 aliphatic heterocycles. The third kappa shape index (κ3) is 4.72. The van der Waals surface area contributed by atoms with Crippen molar-refractivity contribution in [3.05, 3.63) is 64.7 Å². The van der Waals surface area contributed by atoms with Crippen molar-refractivity contribution in [2.45, 2.75) is 39.0 Å². The average molecular weight is 351 g/mol. The second-order valence-corrected chi connectivity index (χ2v) is 6.72. The molecular weight excluding hydrogens is 326 g/mol. The molecule has 4 nitrogen and oxygen atoms in total. The molecular formula is C22H25NO3. The first-order valence-corrected chi connectivity index (χ1v) is 9.23. The van der Waals surface area contributed by atoms with Crippen molar-refractivity contribution in [3.63, 3.8) is 0 Å². The molecule has 0 saturated heterocycles.